The first-order valence-corrected chi connectivity index (χ1v) is 7.30. The highest BCUT2D eigenvalue weighted by atomic mass is 32.3. The van der Waals surface area contributed by atoms with Crippen molar-refractivity contribution in [3.05, 3.63) is 33.1 Å². The first-order chi connectivity index (χ1) is 9.34. The van der Waals surface area contributed by atoms with Crippen molar-refractivity contribution in [1.29, 1.82) is 0 Å². The number of nitrogens with zero attached hydrogens (tertiary/aromatic N) is 2. The van der Waals surface area contributed by atoms with Crippen molar-refractivity contribution >= 4 is 21.3 Å². The fraction of sp³-hybridized carbons (Fsp3) is 0.364. The second kappa shape index (κ2) is 5.16. The second-order valence-electron chi connectivity index (χ2n) is 4.24. The van der Waals surface area contributed by atoms with Crippen LogP contribution in [0, 0.1) is 0 Å². The van der Waals surface area contributed by atoms with Crippen LogP contribution in [0.3, 0.4) is 0 Å². The van der Waals surface area contributed by atoms with Crippen molar-refractivity contribution in [3.63, 3.8) is 0 Å². The molecule has 0 aliphatic rings. The number of H-pyrrole nitrogens is 1. The van der Waals surface area contributed by atoms with Crippen molar-refractivity contribution < 1.29 is 12.3 Å². The number of nitrogens with one attached hydrogen (secondary N) is 1. The Kier molecular flexibility index (Phi) is 3.71. The third kappa shape index (κ3) is 2.62. The number of rotatable bonds is 4. The minimum absolute atomic E-state index is 0.0413. The summed E-state index contributed by atoms with van der Waals surface area (Å²) in [5.74, 6) is 0. The number of hydrogen-bond acceptors (Lipinski definition) is 5. The van der Waals surface area contributed by atoms with Crippen LogP contribution in [-0.2, 0) is 16.8 Å². The zero-order chi connectivity index (χ0) is 14.9. The maximum Gasteiger partial charge on any atom is 0.333 e. The minimum atomic E-state index is -4.95. The number of hydrogen-bond donors (Lipinski definition) is 1. The number of halogens is 1. The molecule has 0 aromatic carbocycles. The number of aromatic nitrogens is 3. The van der Waals surface area contributed by atoms with E-state index in [2.05, 4.69) is 9.97 Å². The topological polar surface area (TPSA) is 102 Å². The molecule has 0 aliphatic heterocycles. The van der Waals surface area contributed by atoms with Crippen molar-refractivity contribution in [3.8, 4) is 0 Å². The van der Waals surface area contributed by atoms with E-state index in [0.717, 1.165) is 18.7 Å². The molecule has 0 unspecified atom stereocenters. The summed E-state index contributed by atoms with van der Waals surface area (Å²) >= 11 is 0. The number of aryl methyl sites for hydroxylation is 1. The zero-order valence-electron chi connectivity index (χ0n) is 10.6. The van der Waals surface area contributed by atoms with E-state index in [0.29, 0.717) is 13.0 Å². The molecule has 0 aliphatic carbocycles. The predicted molar refractivity (Wildman–Crippen MR) is 69.8 cm³/mol. The van der Waals surface area contributed by atoms with Gasteiger partial charge in [-0.15, -0.1) is 3.89 Å². The van der Waals surface area contributed by atoms with Gasteiger partial charge in [-0.3, -0.25) is 14.3 Å². The van der Waals surface area contributed by atoms with Gasteiger partial charge in [-0.1, -0.05) is 13.3 Å². The number of aromatic amines is 1. The maximum absolute atomic E-state index is 12.9. The van der Waals surface area contributed by atoms with E-state index in [-0.39, 0.29) is 11.0 Å². The van der Waals surface area contributed by atoms with E-state index in [1.165, 1.54) is 4.57 Å². The molecule has 0 amide bonds. The first-order valence-electron chi connectivity index (χ1n) is 5.92. The van der Waals surface area contributed by atoms with E-state index in [1.54, 1.807) is 0 Å². The molecule has 9 heteroatoms. The van der Waals surface area contributed by atoms with E-state index in [1.807, 2.05) is 6.92 Å². The lowest BCUT2D eigenvalue weighted by atomic mass is 10.3. The minimum Gasteiger partial charge on any atom is -0.278 e. The SMILES string of the molecule is CCCCn1c(=O)[nH]c(=O)c2cc(S(=O)(=O)F)cnc21. The van der Waals surface area contributed by atoms with Gasteiger partial charge in [0.2, 0.25) is 0 Å². The van der Waals surface area contributed by atoms with Crippen molar-refractivity contribution in [2.75, 3.05) is 0 Å². The Hall–Kier alpha value is -2.03. The lowest BCUT2D eigenvalue weighted by Gasteiger charge is -2.08. The van der Waals surface area contributed by atoms with Crippen LogP contribution >= 0.6 is 0 Å². The predicted octanol–water partition coefficient (Wildman–Crippen LogP) is 0.543. The molecule has 0 saturated carbocycles. The highest BCUT2D eigenvalue weighted by Gasteiger charge is 2.16. The summed E-state index contributed by atoms with van der Waals surface area (Å²) in [5.41, 5.74) is -1.38. The molecule has 2 heterocycles. The Morgan fingerprint density at radius 2 is 2.10 bits per heavy atom. The molecular weight excluding hydrogens is 289 g/mol. The maximum atomic E-state index is 12.9. The van der Waals surface area contributed by atoms with E-state index in [4.69, 9.17) is 0 Å². The van der Waals surface area contributed by atoms with Crippen LogP contribution in [0.25, 0.3) is 11.0 Å². The molecule has 2 aromatic rings. The van der Waals surface area contributed by atoms with Gasteiger partial charge in [-0.25, -0.2) is 9.78 Å². The average Bonchev–Trinajstić information content (AvgIpc) is 2.37. The van der Waals surface area contributed by atoms with Crippen LogP contribution < -0.4 is 11.2 Å². The smallest absolute Gasteiger partial charge is 0.278 e. The average molecular weight is 301 g/mol. The Bertz CT molecular complexity index is 869. The Labute approximate surface area is 113 Å². The largest absolute Gasteiger partial charge is 0.333 e. The van der Waals surface area contributed by atoms with Gasteiger partial charge < -0.3 is 0 Å². The van der Waals surface area contributed by atoms with Crippen LogP contribution in [0.1, 0.15) is 19.8 Å². The number of unbranched alkanes of at least 4 members (excludes halogenated alkanes) is 1. The lowest BCUT2D eigenvalue weighted by molar-refractivity contribution is 0.551. The monoisotopic (exact) mass is 301 g/mol. The Balaban J connectivity index is 2.78. The van der Waals surface area contributed by atoms with Gasteiger partial charge in [0, 0.05) is 6.54 Å². The molecule has 7 nitrogen and oxygen atoms in total. The summed E-state index contributed by atoms with van der Waals surface area (Å²) in [7, 11) is -4.95. The van der Waals surface area contributed by atoms with Gasteiger partial charge in [0.15, 0.2) is 0 Å². The van der Waals surface area contributed by atoms with Gasteiger partial charge in [0.1, 0.15) is 10.5 Å². The molecule has 0 atom stereocenters. The highest BCUT2D eigenvalue weighted by Crippen LogP contribution is 2.15. The molecule has 0 saturated heterocycles. The fourth-order valence-electron chi connectivity index (χ4n) is 1.81. The van der Waals surface area contributed by atoms with Crippen molar-refractivity contribution in [1.82, 2.24) is 14.5 Å². The molecule has 1 N–H and O–H groups in total. The normalized spacial score (nSPS) is 11.9. The zero-order valence-corrected chi connectivity index (χ0v) is 11.4. The van der Waals surface area contributed by atoms with Gasteiger partial charge in [-0.2, -0.15) is 8.42 Å². The Morgan fingerprint density at radius 3 is 2.70 bits per heavy atom. The molecule has 20 heavy (non-hydrogen) atoms. The summed E-state index contributed by atoms with van der Waals surface area (Å²) in [4.78, 5) is 28.5. The van der Waals surface area contributed by atoms with Crippen molar-refractivity contribution in [2.24, 2.45) is 0 Å². The van der Waals surface area contributed by atoms with E-state index in [9.17, 15) is 21.9 Å². The quantitative estimate of drug-likeness (QED) is 0.831. The molecule has 0 spiro atoms. The molecular formula is C11H12FN3O4S. The van der Waals surface area contributed by atoms with E-state index < -0.39 is 26.4 Å². The van der Waals surface area contributed by atoms with Gasteiger partial charge in [0.05, 0.1) is 11.6 Å². The third-order valence-corrected chi connectivity index (χ3v) is 3.61. The van der Waals surface area contributed by atoms with Gasteiger partial charge in [-0.05, 0) is 12.5 Å². The van der Waals surface area contributed by atoms with Crippen LogP contribution in [0.5, 0.6) is 0 Å². The molecule has 0 radical (unpaired) electrons. The van der Waals surface area contributed by atoms with E-state index >= 15 is 0 Å². The fourth-order valence-corrected chi connectivity index (χ4v) is 2.24. The highest BCUT2D eigenvalue weighted by molar-refractivity contribution is 7.86. The summed E-state index contributed by atoms with van der Waals surface area (Å²) < 4.78 is 35.8. The molecule has 2 aromatic heterocycles. The van der Waals surface area contributed by atoms with Crippen LogP contribution in [0.15, 0.2) is 26.7 Å². The second-order valence-corrected chi connectivity index (χ2v) is 5.59. The summed E-state index contributed by atoms with van der Waals surface area (Å²) in [6.07, 6.45) is 2.30. The standard InChI is InChI=1S/C11H12FN3O4S/c1-2-3-4-15-9-8(10(16)14-11(15)17)5-7(6-13-9)20(12,18)19/h5-6H,2-4H2,1H3,(H,14,16,17). The summed E-state index contributed by atoms with van der Waals surface area (Å²) in [5, 5.41) is -0.139. The van der Waals surface area contributed by atoms with Gasteiger partial charge >= 0.3 is 15.9 Å². The Morgan fingerprint density at radius 1 is 1.40 bits per heavy atom. The molecule has 2 rings (SSSR count). The molecule has 0 bridgehead atoms. The first kappa shape index (κ1) is 14.4. The van der Waals surface area contributed by atoms with Gasteiger partial charge in [0.25, 0.3) is 5.56 Å². The number of pyridine rings is 1. The number of fused-ring (bicyclic) bond motifs is 1. The third-order valence-electron chi connectivity index (χ3n) is 2.82. The van der Waals surface area contributed by atoms with Crippen LogP contribution in [0.2, 0.25) is 0 Å². The lowest BCUT2D eigenvalue weighted by Crippen LogP contribution is -2.31. The molecule has 108 valence electrons. The molecule has 0 fully saturated rings. The summed E-state index contributed by atoms with van der Waals surface area (Å²) in [6.45, 7) is 2.26. The van der Waals surface area contributed by atoms with Crippen LogP contribution in [-0.4, -0.2) is 23.0 Å². The van der Waals surface area contributed by atoms with Crippen LogP contribution in [0.4, 0.5) is 3.89 Å². The van der Waals surface area contributed by atoms with Crippen molar-refractivity contribution in [2.45, 2.75) is 31.2 Å². The summed E-state index contributed by atoms with van der Waals surface area (Å²) in [6, 6.07) is 0.873.